The fourth-order valence-electron chi connectivity index (χ4n) is 1.65. The molecule has 0 aromatic heterocycles. The summed E-state index contributed by atoms with van der Waals surface area (Å²) >= 11 is 0. The van der Waals surface area contributed by atoms with Crippen LogP contribution in [0.3, 0.4) is 0 Å². The van der Waals surface area contributed by atoms with Crippen LogP contribution in [0, 0.1) is 23.3 Å². The fraction of sp³-hybridized carbons (Fsp3) is 0.571. The minimum absolute atomic E-state index is 0.163. The van der Waals surface area contributed by atoms with Gasteiger partial charge in [0, 0.05) is 12.6 Å². The van der Waals surface area contributed by atoms with Gasteiger partial charge in [-0.3, -0.25) is 0 Å². The van der Waals surface area contributed by atoms with Gasteiger partial charge >= 0.3 is 0 Å². The second kappa shape index (κ2) is 6.92. The Balaban J connectivity index is 3.00. The molecular formula is C14H19F4NO. The molecule has 1 atom stereocenters. The third kappa shape index (κ3) is 3.85. The largest absolute Gasteiger partial charge is 0.480 e. The molecule has 6 heteroatoms. The third-order valence-electron chi connectivity index (χ3n) is 3.09. The summed E-state index contributed by atoms with van der Waals surface area (Å²) in [5, 5.41) is 3.06. The summed E-state index contributed by atoms with van der Waals surface area (Å²) in [6, 6.07) is 0.163. The average molecular weight is 293 g/mol. The van der Waals surface area contributed by atoms with Crippen molar-refractivity contribution < 1.29 is 22.3 Å². The smallest absolute Gasteiger partial charge is 0.203 e. The maximum Gasteiger partial charge on any atom is 0.203 e. The van der Waals surface area contributed by atoms with E-state index in [0.29, 0.717) is 19.5 Å². The van der Waals surface area contributed by atoms with E-state index in [1.165, 1.54) is 0 Å². The van der Waals surface area contributed by atoms with Crippen molar-refractivity contribution in [2.45, 2.75) is 39.2 Å². The van der Waals surface area contributed by atoms with Gasteiger partial charge in [-0.2, -0.15) is 8.78 Å². The molecule has 0 spiro atoms. The van der Waals surface area contributed by atoms with Crippen molar-refractivity contribution in [2.24, 2.45) is 0 Å². The monoisotopic (exact) mass is 293 g/mol. The molecule has 114 valence electrons. The second-order valence-electron chi connectivity index (χ2n) is 4.88. The molecule has 1 N–H and O–H groups in total. The zero-order chi connectivity index (χ0) is 15.3. The van der Waals surface area contributed by atoms with E-state index in [-0.39, 0.29) is 6.07 Å². The lowest BCUT2D eigenvalue weighted by Gasteiger charge is -2.30. The van der Waals surface area contributed by atoms with Crippen LogP contribution in [-0.2, 0) is 0 Å². The highest BCUT2D eigenvalue weighted by Gasteiger charge is 2.29. The van der Waals surface area contributed by atoms with Gasteiger partial charge in [-0.15, -0.1) is 0 Å². The van der Waals surface area contributed by atoms with Gasteiger partial charge in [0.2, 0.25) is 11.6 Å². The molecule has 0 amide bonds. The summed E-state index contributed by atoms with van der Waals surface area (Å²) in [5.41, 5.74) is -0.961. The minimum Gasteiger partial charge on any atom is -0.480 e. The standard InChI is InChI=1S/C14H19F4NO/c1-4-6-19-8-14(3,5-2)20-13-11(17)9(15)7-10(16)12(13)18/h7,19H,4-6,8H2,1-3H3. The van der Waals surface area contributed by atoms with Gasteiger partial charge in [0.05, 0.1) is 0 Å². The van der Waals surface area contributed by atoms with E-state index in [9.17, 15) is 17.6 Å². The first-order chi connectivity index (χ1) is 9.34. The molecule has 0 aliphatic carbocycles. The molecular weight excluding hydrogens is 274 g/mol. The van der Waals surface area contributed by atoms with E-state index in [0.717, 1.165) is 6.42 Å². The van der Waals surface area contributed by atoms with Gasteiger partial charge in [0.15, 0.2) is 17.4 Å². The van der Waals surface area contributed by atoms with Gasteiger partial charge < -0.3 is 10.1 Å². The van der Waals surface area contributed by atoms with Gasteiger partial charge in [-0.1, -0.05) is 13.8 Å². The number of halogens is 4. The van der Waals surface area contributed by atoms with Gasteiger partial charge in [-0.05, 0) is 26.3 Å². The summed E-state index contributed by atoms with van der Waals surface area (Å²) in [6.07, 6.45) is 1.30. The number of benzene rings is 1. The van der Waals surface area contributed by atoms with E-state index in [2.05, 4.69) is 5.32 Å². The molecule has 1 rings (SSSR count). The first-order valence-electron chi connectivity index (χ1n) is 6.57. The van der Waals surface area contributed by atoms with E-state index < -0.39 is 34.6 Å². The maximum absolute atomic E-state index is 13.6. The predicted molar refractivity (Wildman–Crippen MR) is 68.8 cm³/mol. The molecule has 0 saturated carbocycles. The maximum atomic E-state index is 13.6. The topological polar surface area (TPSA) is 21.3 Å². The number of hydrogen-bond acceptors (Lipinski definition) is 2. The number of ether oxygens (including phenoxy) is 1. The van der Waals surface area contributed by atoms with E-state index in [4.69, 9.17) is 4.74 Å². The van der Waals surface area contributed by atoms with Crippen LogP contribution in [0.5, 0.6) is 5.75 Å². The average Bonchev–Trinajstić information content (AvgIpc) is 2.42. The zero-order valence-corrected chi connectivity index (χ0v) is 11.8. The van der Waals surface area contributed by atoms with Gasteiger partial charge in [-0.25, -0.2) is 8.78 Å². The summed E-state index contributed by atoms with van der Waals surface area (Å²) in [6.45, 7) is 6.38. The Bertz CT molecular complexity index is 441. The summed E-state index contributed by atoms with van der Waals surface area (Å²) in [5.74, 6) is -6.99. The molecule has 0 bridgehead atoms. The van der Waals surface area contributed by atoms with Crippen molar-refractivity contribution in [2.75, 3.05) is 13.1 Å². The normalized spacial score (nSPS) is 14.2. The van der Waals surface area contributed by atoms with Crippen molar-refractivity contribution in [3.8, 4) is 5.75 Å². The molecule has 0 radical (unpaired) electrons. The Morgan fingerprint density at radius 2 is 1.65 bits per heavy atom. The Morgan fingerprint density at radius 3 is 2.10 bits per heavy atom. The third-order valence-corrected chi connectivity index (χ3v) is 3.09. The van der Waals surface area contributed by atoms with Gasteiger partial charge in [0.1, 0.15) is 5.60 Å². The molecule has 0 saturated heterocycles. The fourth-order valence-corrected chi connectivity index (χ4v) is 1.65. The van der Waals surface area contributed by atoms with Crippen molar-refractivity contribution in [1.29, 1.82) is 0 Å². The van der Waals surface area contributed by atoms with Crippen molar-refractivity contribution in [3.63, 3.8) is 0 Å². The predicted octanol–water partition coefficient (Wildman–Crippen LogP) is 3.79. The second-order valence-corrected chi connectivity index (χ2v) is 4.88. The number of nitrogens with one attached hydrogen (secondary N) is 1. The molecule has 0 aliphatic heterocycles. The van der Waals surface area contributed by atoms with Crippen LogP contribution in [-0.4, -0.2) is 18.7 Å². The Labute approximate surface area is 116 Å². The summed E-state index contributed by atoms with van der Waals surface area (Å²) in [7, 11) is 0. The first-order valence-corrected chi connectivity index (χ1v) is 6.57. The van der Waals surface area contributed by atoms with E-state index in [1.807, 2.05) is 6.92 Å². The number of hydrogen-bond donors (Lipinski definition) is 1. The minimum atomic E-state index is -1.51. The van der Waals surface area contributed by atoms with Crippen LogP contribution < -0.4 is 10.1 Å². The zero-order valence-electron chi connectivity index (χ0n) is 11.8. The molecule has 0 fully saturated rings. The van der Waals surface area contributed by atoms with Crippen molar-refractivity contribution in [1.82, 2.24) is 5.32 Å². The molecule has 1 aromatic carbocycles. The lowest BCUT2D eigenvalue weighted by molar-refractivity contribution is 0.0715. The van der Waals surface area contributed by atoms with Crippen LogP contribution in [0.1, 0.15) is 33.6 Å². The van der Waals surface area contributed by atoms with Crippen LogP contribution in [0.2, 0.25) is 0 Å². The van der Waals surface area contributed by atoms with E-state index in [1.54, 1.807) is 13.8 Å². The molecule has 1 aromatic rings. The Morgan fingerprint density at radius 1 is 1.10 bits per heavy atom. The van der Waals surface area contributed by atoms with E-state index >= 15 is 0 Å². The number of rotatable bonds is 7. The highest BCUT2D eigenvalue weighted by atomic mass is 19.2. The van der Waals surface area contributed by atoms with Crippen LogP contribution in [0.4, 0.5) is 17.6 Å². The lowest BCUT2D eigenvalue weighted by atomic mass is 10.0. The molecule has 1 unspecified atom stereocenters. The van der Waals surface area contributed by atoms with Crippen molar-refractivity contribution in [3.05, 3.63) is 29.3 Å². The van der Waals surface area contributed by atoms with Crippen LogP contribution in [0.15, 0.2) is 6.07 Å². The Kier molecular flexibility index (Phi) is 5.80. The van der Waals surface area contributed by atoms with Gasteiger partial charge in [0.25, 0.3) is 0 Å². The molecule has 0 aliphatic rings. The molecule has 2 nitrogen and oxygen atoms in total. The summed E-state index contributed by atoms with van der Waals surface area (Å²) in [4.78, 5) is 0. The summed E-state index contributed by atoms with van der Waals surface area (Å²) < 4.78 is 58.6. The Hall–Kier alpha value is -1.30. The molecule has 0 heterocycles. The first kappa shape index (κ1) is 16.8. The lowest BCUT2D eigenvalue weighted by Crippen LogP contribution is -2.43. The van der Waals surface area contributed by atoms with Crippen LogP contribution in [0.25, 0.3) is 0 Å². The highest BCUT2D eigenvalue weighted by Crippen LogP contribution is 2.30. The van der Waals surface area contributed by atoms with Crippen LogP contribution >= 0.6 is 0 Å². The molecule has 20 heavy (non-hydrogen) atoms. The highest BCUT2D eigenvalue weighted by molar-refractivity contribution is 5.29. The SMILES string of the molecule is CCCNCC(C)(CC)Oc1c(F)c(F)cc(F)c1F. The quantitative estimate of drug-likeness (QED) is 0.469. The van der Waals surface area contributed by atoms with Crippen molar-refractivity contribution >= 4 is 0 Å².